The lowest BCUT2D eigenvalue weighted by Crippen LogP contribution is -2.52. The van der Waals surface area contributed by atoms with E-state index in [2.05, 4.69) is 36.6 Å². The van der Waals surface area contributed by atoms with Crippen LogP contribution in [0.1, 0.15) is 80.3 Å². The molecule has 1 aliphatic carbocycles. The van der Waals surface area contributed by atoms with Crippen LogP contribution in [0.4, 0.5) is 0 Å². The third-order valence-corrected chi connectivity index (χ3v) is 8.13. The molecule has 0 spiro atoms. The third kappa shape index (κ3) is 4.45. The second kappa shape index (κ2) is 8.84. The number of benzene rings is 1. The van der Waals surface area contributed by atoms with Crippen LogP contribution in [-0.2, 0) is 27.3 Å². The Bertz CT molecular complexity index is 959. The van der Waals surface area contributed by atoms with Gasteiger partial charge in [0.25, 0.3) is 5.91 Å². The van der Waals surface area contributed by atoms with E-state index >= 15 is 0 Å². The van der Waals surface area contributed by atoms with Gasteiger partial charge in [-0.15, -0.1) is 0 Å². The van der Waals surface area contributed by atoms with E-state index in [0.717, 1.165) is 25.0 Å². The van der Waals surface area contributed by atoms with Crippen molar-refractivity contribution in [2.24, 2.45) is 5.92 Å². The Morgan fingerprint density at radius 3 is 2.70 bits per heavy atom. The summed E-state index contributed by atoms with van der Waals surface area (Å²) < 4.78 is 5.94. The molecule has 3 fully saturated rings. The highest BCUT2D eigenvalue weighted by Crippen LogP contribution is 2.33. The molecule has 3 aliphatic heterocycles. The Hall–Kier alpha value is -2.25. The summed E-state index contributed by atoms with van der Waals surface area (Å²) >= 11 is 0. The summed E-state index contributed by atoms with van der Waals surface area (Å²) in [4.78, 5) is 38.4. The molecule has 1 aromatic rings. The van der Waals surface area contributed by atoms with Gasteiger partial charge in [-0.25, -0.2) is 0 Å². The molecule has 0 radical (unpaired) electrons. The van der Waals surface area contributed by atoms with E-state index < -0.39 is 6.04 Å². The molecular formula is C26H35N3O4. The molecule has 1 saturated carbocycles. The average Bonchev–Trinajstić information content (AvgIpc) is 3.28. The predicted octanol–water partition coefficient (Wildman–Crippen LogP) is 2.71. The van der Waals surface area contributed by atoms with Gasteiger partial charge in [-0.05, 0) is 69.1 Å². The molecule has 4 atom stereocenters. The van der Waals surface area contributed by atoms with Crippen LogP contribution in [0.5, 0.6) is 0 Å². The fourth-order valence-electron chi connectivity index (χ4n) is 6.16. The van der Waals surface area contributed by atoms with Crippen molar-refractivity contribution in [3.05, 3.63) is 34.9 Å². The first-order valence-corrected chi connectivity index (χ1v) is 12.5. The minimum atomic E-state index is -0.560. The van der Waals surface area contributed by atoms with Crippen molar-refractivity contribution in [3.8, 4) is 0 Å². The van der Waals surface area contributed by atoms with Gasteiger partial charge >= 0.3 is 0 Å². The summed E-state index contributed by atoms with van der Waals surface area (Å²) in [5, 5.41) is 6.31. The molecule has 3 amide bonds. The summed E-state index contributed by atoms with van der Waals surface area (Å²) in [5.41, 5.74) is 2.82. The Labute approximate surface area is 195 Å². The molecule has 2 saturated heterocycles. The summed E-state index contributed by atoms with van der Waals surface area (Å²) in [6.45, 7) is 5.63. The molecule has 1 aromatic carbocycles. The standard InChI is InChI=1S/C26H35N3O4/c1-26(2)22(11-12-33-26)27-20-6-4-3-5-17(20)13-16-7-8-19-18(14-16)15-29(25(19)32)21-9-10-23(30)28-24(21)31/h7-8,14,17,20-22,27H,3-6,9-13,15H2,1-2H3,(H,28,30,31)/t17-,20+,21?,22?/m1/s1. The number of piperidine rings is 1. The minimum Gasteiger partial charge on any atom is -0.374 e. The fourth-order valence-corrected chi connectivity index (χ4v) is 6.16. The van der Waals surface area contributed by atoms with Gasteiger partial charge in [0.05, 0.1) is 5.60 Å². The topological polar surface area (TPSA) is 87.7 Å². The Balaban J connectivity index is 1.27. The fraction of sp³-hybridized carbons (Fsp3) is 0.654. The van der Waals surface area contributed by atoms with Crippen LogP contribution in [0.25, 0.3) is 0 Å². The van der Waals surface area contributed by atoms with Crippen molar-refractivity contribution in [1.29, 1.82) is 0 Å². The van der Waals surface area contributed by atoms with E-state index in [9.17, 15) is 14.4 Å². The number of hydrogen-bond acceptors (Lipinski definition) is 5. The number of amides is 3. The molecule has 4 aliphatic rings. The number of fused-ring (bicyclic) bond motifs is 1. The summed E-state index contributed by atoms with van der Waals surface area (Å²) in [6, 6.07) is 6.49. The summed E-state index contributed by atoms with van der Waals surface area (Å²) in [6.07, 6.45) is 7.67. The molecule has 178 valence electrons. The van der Waals surface area contributed by atoms with Crippen LogP contribution in [-0.4, -0.2) is 53.0 Å². The van der Waals surface area contributed by atoms with E-state index in [1.807, 2.05) is 6.07 Å². The first-order chi connectivity index (χ1) is 15.8. The van der Waals surface area contributed by atoms with Crippen LogP contribution in [0.3, 0.4) is 0 Å². The van der Waals surface area contributed by atoms with Crippen molar-refractivity contribution < 1.29 is 19.1 Å². The van der Waals surface area contributed by atoms with Gasteiger partial charge in [-0.1, -0.05) is 25.0 Å². The minimum absolute atomic E-state index is 0.105. The molecule has 0 aromatic heterocycles. The average molecular weight is 454 g/mol. The lowest BCUT2D eigenvalue weighted by atomic mass is 9.79. The van der Waals surface area contributed by atoms with Crippen LogP contribution in [0.15, 0.2) is 18.2 Å². The van der Waals surface area contributed by atoms with Crippen LogP contribution in [0.2, 0.25) is 0 Å². The van der Waals surface area contributed by atoms with E-state index in [0.29, 0.717) is 36.5 Å². The maximum atomic E-state index is 13.0. The highest BCUT2D eigenvalue weighted by molar-refractivity contribution is 6.05. The SMILES string of the molecule is CC1(C)OCCC1N[C@H]1CCCC[C@@H]1Cc1ccc2c(c1)CN(C1CCC(=O)NC1=O)C2=O. The predicted molar refractivity (Wildman–Crippen MR) is 124 cm³/mol. The molecule has 5 rings (SSSR count). The van der Waals surface area contributed by atoms with Gasteiger partial charge in [0.15, 0.2) is 0 Å². The zero-order valence-electron chi connectivity index (χ0n) is 19.7. The van der Waals surface area contributed by atoms with Gasteiger partial charge in [-0.2, -0.15) is 0 Å². The van der Waals surface area contributed by atoms with Crippen molar-refractivity contribution in [1.82, 2.24) is 15.5 Å². The molecule has 7 nitrogen and oxygen atoms in total. The van der Waals surface area contributed by atoms with Crippen molar-refractivity contribution in [2.45, 2.75) is 95.5 Å². The Morgan fingerprint density at radius 1 is 1.12 bits per heavy atom. The lowest BCUT2D eigenvalue weighted by molar-refractivity contribution is -0.136. The second-order valence-corrected chi connectivity index (χ2v) is 10.7. The number of ether oxygens (including phenoxy) is 1. The van der Waals surface area contributed by atoms with E-state index in [4.69, 9.17) is 4.74 Å². The lowest BCUT2D eigenvalue weighted by Gasteiger charge is -2.37. The van der Waals surface area contributed by atoms with Crippen LogP contribution in [0, 0.1) is 5.92 Å². The number of carbonyl (C=O) groups excluding carboxylic acids is 3. The molecule has 0 bridgehead atoms. The van der Waals surface area contributed by atoms with Crippen molar-refractivity contribution in [3.63, 3.8) is 0 Å². The number of rotatable bonds is 5. The maximum absolute atomic E-state index is 13.0. The molecule has 2 N–H and O–H groups in total. The molecular weight excluding hydrogens is 418 g/mol. The van der Waals surface area contributed by atoms with Crippen LogP contribution < -0.4 is 10.6 Å². The van der Waals surface area contributed by atoms with E-state index in [1.54, 1.807) is 4.90 Å². The molecule has 33 heavy (non-hydrogen) atoms. The molecule has 3 heterocycles. The van der Waals surface area contributed by atoms with Crippen molar-refractivity contribution >= 4 is 17.7 Å². The Kier molecular flexibility index (Phi) is 6.04. The number of carbonyl (C=O) groups is 3. The molecule has 2 unspecified atom stereocenters. The first-order valence-electron chi connectivity index (χ1n) is 12.5. The van der Waals surface area contributed by atoms with Crippen LogP contribution >= 0.6 is 0 Å². The van der Waals surface area contributed by atoms with Gasteiger partial charge in [-0.3, -0.25) is 19.7 Å². The van der Waals surface area contributed by atoms with Crippen molar-refractivity contribution in [2.75, 3.05) is 6.61 Å². The smallest absolute Gasteiger partial charge is 0.255 e. The summed E-state index contributed by atoms with van der Waals surface area (Å²) in [5.74, 6) is -0.156. The zero-order valence-corrected chi connectivity index (χ0v) is 19.7. The number of nitrogens with zero attached hydrogens (tertiary/aromatic N) is 1. The second-order valence-electron chi connectivity index (χ2n) is 10.7. The van der Waals surface area contributed by atoms with E-state index in [-0.39, 0.29) is 29.7 Å². The first kappa shape index (κ1) is 22.5. The quantitative estimate of drug-likeness (QED) is 0.670. The van der Waals surface area contributed by atoms with Gasteiger partial charge < -0.3 is 15.0 Å². The third-order valence-electron chi connectivity index (χ3n) is 8.13. The van der Waals surface area contributed by atoms with Gasteiger partial charge in [0.1, 0.15) is 6.04 Å². The summed E-state index contributed by atoms with van der Waals surface area (Å²) in [7, 11) is 0. The Morgan fingerprint density at radius 2 is 1.94 bits per heavy atom. The number of nitrogens with one attached hydrogen (secondary N) is 2. The number of imide groups is 1. The highest BCUT2D eigenvalue weighted by atomic mass is 16.5. The molecule has 7 heteroatoms. The highest BCUT2D eigenvalue weighted by Gasteiger charge is 2.40. The number of hydrogen-bond donors (Lipinski definition) is 2. The monoisotopic (exact) mass is 453 g/mol. The van der Waals surface area contributed by atoms with Gasteiger partial charge in [0, 0.05) is 37.2 Å². The van der Waals surface area contributed by atoms with Gasteiger partial charge in [0.2, 0.25) is 11.8 Å². The zero-order chi connectivity index (χ0) is 23.2. The van der Waals surface area contributed by atoms with E-state index in [1.165, 1.54) is 31.2 Å². The normalized spacial score (nSPS) is 31.6. The largest absolute Gasteiger partial charge is 0.374 e. The maximum Gasteiger partial charge on any atom is 0.255 e.